The van der Waals surface area contributed by atoms with Crippen LogP contribution in [0, 0.1) is 5.92 Å². The number of hydrogen-bond acceptors (Lipinski definition) is 4. The predicted octanol–water partition coefficient (Wildman–Crippen LogP) is 3.92. The van der Waals surface area contributed by atoms with Gasteiger partial charge in [-0.05, 0) is 67.0 Å². The maximum atomic E-state index is 13.0. The first-order valence-electron chi connectivity index (χ1n) is 11.9. The molecule has 2 amide bonds. The first-order chi connectivity index (χ1) is 16.0. The molecule has 0 atom stereocenters. The van der Waals surface area contributed by atoms with Crippen molar-refractivity contribution in [1.29, 1.82) is 0 Å². The highest BCUT2D eigenvalue weighted by Gasteiger charge is 2.31. The molecule has 0 bridgehead atoms. The topological polar surface area (TPSA) is 95.6 Å². The van der Waals surface area contributed by atoms with Crippen LogP contribution in [0.2, 0.25) is 0 Å². The Balaban J connectivity index is 1.39. The molecule has 1 saturated heterocycles. The van der Waals surface area contributed by atoms with Crippen LogP contribution in [0.1, 0.15) is 62.4 Å². The van der Waals surface area contributed by atoms with Gasteiger partial charge in [-0.3, -0.25) is 14.3 Å². The van der Waals surface area contributed by atoms with Gasteiger partial charge in [-0.1, -0.05) is 39.0 Å². The fourth-order valence-electron chi connectivity index (χ4n) is 4.14. The molecule has 2 N–H and O–H groups in total. The van der Waals surface area contributed by atoms with Crippen LogP contribution >= 0.6 is 0 Å². The van der Waals surface area contributed by atoms with E-state index in [-0.39, 0.29) is 28.0 Å². The molecule has 0 spiro atoms. The van der Waals surface area contributed by atoms with Crippen molar-refractivity contribution in [2.24, 2.45) is 5.92 Å². The van der Waals surface area contributed by atoms with Gasteiger partial charge in [0.1, 0.15) is 0 Å². The van der Waals surface area contributed by atoms with E-state index in [4.69, 9.17) is 0 Å². The Morgan fingerprint density at radius 1 is 0.941 bits per heavy atom. The van der Waals surface area contributed by atoms with E-state index in [9.17, 15) is 18.0 Å². The van der Waals surface area contributed by atoms with E-state index in [1.165, 1.54) is 0 Å². The molecule has 2 aromatic carbocycles. The fraction of sp³-hybridized carbons (Fsp3) is 0.462. The Morgan fingerprint density at radius 2 is 1.59 bits per heavy atom. The number of benzene rings is 2. The maximum absolute atomic E-state index is 13.0. The first-order valence-corrected chi connectivity index (χ1v) is 13.3. The van der Waals surface area contributed by atoms with E-state index in [0.29, 0.717) is 43.2 Å². The highest BCUT2D eigenvalue weighted by molar-refractivity contribution is 7.92. The van der Waals surface area contributed by atoms with Crippen molar-refractivity contribution in [3.63, 3.8) is 0 Å². The highest BCUT2D eigenvalue weighted by atomic mass is 32.2. The average Bonchev–Trinajstić information content (AvgIpc) is 3.62. The molecule has 0 radical (unpaired) electrons. The largest absolute Gasteiger partial charge is 0.353 e. The van der Waals surface area contributed by atoms with Crippen molar-refractivity contribution in [2.45, 2.75) is 62.8 Å². The molecule has 1 heterocycles. The quantitative estimate of drug-likeness (QED) is 0.651. The first kappa shape index (κ1) is 24.3. The minimum absolute atomic E-state index is 0.0486. The second-order valence-electron chi connectivity index (χ2n) is 10.3. The smallest absolute Gasteiger partial charge is 0.261 e. The molecule has 1 saturated carbocycles. The van der Waals surface area contributed by atoms with Crippen LogP contribution in [0.15, 0.2) is 53.4 Å². The van der Waals surface area contributed by atoms with Crippen molar-refractivity contribution in [3.8, 4) is 0 Å². The van der Waals surface area contributed by atoms with Crippen LogP contribution in [-0.4, -0.2) is 44.3 Å². The summed E-state index contributed by atoms with van der Waals surface area (Å²) < 4.78 is 28.3. The van der Waals surface area contributed by atoms with Crippen molar-refractivity contribution in [2.75, 3.05) is 17.8 Å². The van der Waals surface area contributed by atoms with Crippen LogP contribution in [0.4, 0.5) is 5.69 Å². The second-order valence-corrected chi connectivity index (χ2v) is 12.0. The molecule has 182 valence electrons. The Kier molecular flexibility index (Phi) is 6.71. The highest BCUT2D eigenvalue weighted by Crippen LogP contribution is 2.26. The molecular formula is C26H33N3O4S. The maximum Gasteiger partial charge on any atom is 0.261 e. The van der Waals surface area contributed by atoms with Gasteiger partial charge in [-0.2, -0.15) is 0 Å². The average molecular weight is 484 g/mol. The van der Waals surface area contributed by atoms with Crippen molar-refractivity contribution in [3.05, 3.63) is 59.7 Å². The molecule has 8 heteroatoms. The lowest BCUT2D eigenvalue weighted by molar-refractivity contribution is -0.126. The molecule has 0 unspecified atom stereocenters. The molecule has 1 aliphatic heterocycles. The van der Waals surface area contributed by atoms with Gasteiger partial charge in [0.05, 0.1) is 4.90 Å². The summed E-state index contributed by atoms with van der Waals surface area (Å²) in [7, 11) is -3.78. The summed E-state index contributed by atoms with van der Waals surface area (Å²) in [4.78, 5) is 27.2. The van der Waals surface area contributed by atoms with E-state index in [1.54, 1.807) is 41.3 Å². The van der Waals surface area contributed by atoms with Gasteiger partial charge in [0.15, 0.2) is 0 Å². The minimum Gasteiger partial charge on any atom is -0.353 e. The number of likely N-dealkylation sites (tertiary alicyclic amines) is 1. The Morgan fingerprint density at radius 3 is 2.18 bits per heavy atom. The molecular weight excluding hydrogens is 450 g/mol. The summed E-state index contributed by atoms with van der Waals surface area (Å²) in [5, 5.41) is 3.04. The van der Waals surface area contributed by atoms with Crippen LogP contribution in [0.3, 0.4) is 0 Å². The standard InChI is InChI=1S/C26H33N3O4S/c1-26(2,3)20-7-11-23(12-8-20)34(32,33)28-22-6-4-5-19(17-22)25(31)29-15-13-18(14-16-29)24(30)27-21-9-10-21/h4-8,11-12,17-18,21,28H,9-10,13-16H2,1-3H3,(H,27,30). The van der Waals surface area contributed by atoms with Crippen LogP contribution < -0.4 is 10.0 Å². The number of rotatable bonds is 6. The number of nitrogens with zero attached hydrogens (tertiary/aromatic N) is 1. The third-order valence-electron chi connectivity index (χ3n) is 6.47. The number of amides is 2. The van der Waals surface area contributed by atoms with E-state index < -0.39 is 10.0 Å². The van der Waals surface area contributed by atoms with Crippen molar-refractivity contribution < 1.29 is 18.0 Å². The zero-order valence-corrected chi connectivity index (χ0v) is 20.8. The third-order valence-corrected chi connectivity index (χ3v) is 7.87. The Hall–Kier alpha value is -2.87. The summed E-state index contributed by atoms with van der Waals surface area (Å²) in [6.45, 7) is 7.24. The van der Waals surface area contributed by atoms with E-state index in [1.807, 2.05) is 12.1 Å². The van der Waals surface area contributed by atoms with Crippen LogP contribution in [0.25, 0.3) is 0 Å². The normalized spacial score (nSPS) is 17.3. The molecule has 1 aliphatic carbocycles. The lowest BCUT2D eigenvalue weighted by Crippen LogP contribution is -2.43. The van der Waals surface area contributed by atoms with Gasteiger partial charge in [-0.15, -0.1) is 0 Å². The number of sulfonamides is 1. The van der Waals surface area contributed by atoms with Gasteiger partial charge < -0.3 is 10.2 Å². The minimum atomic E-state index is -3.78. The van der Waals surface area contributed by atoms with Gasteiger partial charge >= 0.3 is 0 Å². The molecule has 0 aromatic heterocycles. The predicted molar refractivity (Wildman–Crippen MR) is 132 cm³/mol. The molecule has 4 rings (SSSR count). The second kappa shape index (κ2) is 9.41. The summed E-state index contributed by atoms with van der Waals surface area (Å²) >= 11 is 0. The van der Waals surface area contributed by atoms with E-state index in [0.717, 1.165) is 18.4 Å². The zero-order valence-electron chi connectivity index (χ0n) is 20.0. The lowest BCUT2D eigenvalue weighted by Gasteiger charge is -2.31. The van der Waals surface area contributed by atoms with Gasteiger partial charge in [-0.25, -0.2) is 8.42 Å². The van der Waals surface area contributed by atoms with Crippen LogP contribution in [0.5, 0.6) is 0 Å². The molecule has 2 aromatic rings. The van der Waals surface area contributed by atoms with E-state index in [2.05, 4.69) is 30.8 Å². The number of hydrogen-bond donors (Lipinski definition) is 2. The van der Waals surface area contributed by atoms with Crippen LogP contribution in [-0.2, 0) is 20.2 Å². The zero-order chi connectivity index (χ0) is 24.5. The molecule has 34 heavy (non-hydrogen) atoms. The van der Waals surface area contributed by atoms with Gasteiger partial charge in [0.2, 0.25) is 5.91 Å². The fourth-order valence-corrected chi connectivity index (χ4v) is 5.19. The number of carbonyl (C=O) groups is 2. The number of carbonyl (C=O) groups excluding carboxylic acids is 2. The monoisotopic (exact) mass is 483 g/mol. The summed E-state index contributed by atoms with van der Waals surface area (Å²) in [6, 6.07) is 13.7. The molecule has 2 fully saturated rings. The molecule has 7 nitrogen and oxygen atoms in total. The van der Waals surface area contributed by atoms with E-state index >= 15 is 0 Å². The third kappa shape index (κ3) is 5.78. The summed E-state index contributed by atoms with van der Waals surface area (Å²) in [5.41, 5.74) is 1.74. The number of nitrogens with one attached hydrogen (secondary N) is 2. The summed E-state index contributed by atoms with van der Waals surface area (Å²) in [6.07, 6.45) is 3.40. The van der Waals surface area contributed by atoms with Gasteiger partial charge in [0.25, 0.3) is 15.9 Å². The van der Waals surface area contributed by atoms with Crippen molar-refractivity contribution >= 4 is 27.5 Å². The van der Waals surface area contributed by atoms with Crippen molar-refractivity contribution in [1.82, 2.24) is 10.2 Å². The van der Waals surface area contributed by atoms with Gasteiger partial charge in [0, 0.05) is 36.3 Å². The SMILES string of the molecule is CC(C)(C)c1ccc(S(=O)(=O)Nc2cccc(C(=O)N3CCC(C(=O)NC4CC4)CC3)c2)cc1. The Bertz CT molecular complexity index is 1160. The molecule has 2 aliphatic rings. The lowest BCUT2D eigenvalue weighted by atomic mass is 9.87. The number of anilines is 1. The number of piperidine rings is 1. The summed E-state index contributed by atoms with van der Waals surface area (Å²) in [5.74, 6) is -0.106. The Labute approximate surface area is 202 Å².